The lowest BCUT2D eigenvalue weighted by atomic mass is 9.97. The molecule has 1 aromatic rings. The molecule has 2 heterocycles. The zero-order chi connectivity index (χ0) is 14.5. The molecule has 20 heavy (non-hydrogen) atoms. The van der Waals surface area contributed by atoms with E-state index in [1.165, 1.54) is 6.07 Å². The number of benzene rings is 1. The quantitative estimate of drug-likeness (QED) is 0.760. The van der Waals surface area contributed by atoms with Crippen molar-refractivity contribution in [2.75, 3.05) is 18.0 Å². The maximum atomic E-state index is 13.0. The summed E-state index contributed by atoms with van der Waals surface area (Å²) in [5, 5.41) is 5.86. The second-order valence-electron chi connectivity index (χ2n) is 5.05. The second kappa shape index (κ2) is 4.37. The van der Waals surface area contributed by atoms with Crippen molar-refractivity contribution >= 4 is 11.6 Å². The van der Waals surface area contributed by atoms with E-state index < -0.39 is 17.6 Å². The molecule has 0 aliphatic carbocycles. The number of anilines is 1. The van der Waals surface area contributed by atoms with Gasteiger partial charge in [0.15, 0.2) is 0 Å². The van der Waals surface area contributed by atoms with Gasteiger partial charge in [-0.15, -0.1) is 0 Å². The molecule has 4 nitrogen and oxygen atoms in total. The Morgan fingerprint density at radius 2 is 2.10 bits per heavy atom. The molecule has 0 spiro atoms. The van der Waals surface area contributed by atoms with Gasteiger partial charge in [0, 0.05) is 19.1 Å². The first kappa shape index (κ1) is 13.2. The van der Waals surface area contributed by atoms with Crippen LogP contribution in [0.1, 0.15) is 22.8 Å². The van der Waals surface area contributed by atoms with Gasteiger partial charge >= 0.3 is 6.18 Å². The number of hydrogen-bond acceptors (Lipinski definition) is 3. The smallest absolute Gasteiger partial charge is 0.348 e. The van der Waals surface area contributed by atoms with Crippen LogP contribution in [0.5, 0.6) is 0 Å². The van der Waals surface area contributed by atoms with E-state index in [0.29, 0.717) is 18.8 Å². The number of hydrogen-bond donors (Lipinski definition) is 2. The summed E-state index contributed by atoms with van der Waals surface area (Å²) in [6.07, 6.45) is -4.85. The number of carbonyl (C=O) groups excluding carboxylic acids is 1. The van der Waals surface area contributed by atoms with Crippen LogP contribution in [0.3, 0.4) is 0 Å². The maximum absolute atomic E-state index is 13.0. The Kier molecular flexibility index (Phi) is 2.89. The molecule has 1 fully saturated rings. The fraction of sp³-hybridized carbons (Fsp3) is 0.462. The highest BCUT2D eigenvalue weighted by molar-refractivity contribution is 6.03. The first-order valence-electron chi connectivity index (χ1n) is 6.40. The van der Waals surface area contributed by atoms with Gasteiger partial charge in [0.05, 0.1) is 16.8 Å². The topological polar surface area (TPSA) is 44.4 Å². The number of nitrogens with one attached hydrogen (secondary N) is 2. The minimum atomic E-state index is -4.53. The van der Waals surface area contributed by atoms with Crippen LogP contribution in [0.4, 0.5) is 18.9 Å². The molecular formula is C13H14F3N3O. The average molecular weight is 285 g/mol. The fourth-order valence-electron chi connectivity index (χ4n) is 2.87. The molecule has 0 radical (unpaired) electrons. The normalized spacial score (nSPS) is 25.8. The van der Waals surface area contributed by atoms with Crippen molar-refractivity contribution in [2.24, 2.45) is 0 Å². The van der Waals surface area contributed by atoms with Gasteiger partial charge in [-0.1, -0.05) is 6.07 Å². The Morgan fingerprint density at radius 1 is 1.35 bits per heavy atom. The Hall–Kier alpha value is -1.76. The molecule has 7 heteroatoms. The minimum Gasteiger partial charge on any atom is -0.348 e. The van der Waals surface area contributed by atoms with Crippen molar-refractivity contribution in [1.82, 2.24) is 10.6 Å². The molecule has 108 valence electrons. The molecule has 0 unspecified atom stereocenters. The number of fused-ring (bicyclic) bond motifs is 3. The van der Waals surface area contributed by atoms with Crippen molar-refractivity contribution in [3.63, 3.8) is 0 Å². The van der Waals surface area contributed by atoms with Gasteiger partial charge in [-0.05, 0) is 19.1 Å². The largest absolute Gasteiger partial charge is 0.417 e. The van der Waals surface area contributed by atoms with Crippen LogP contribution in [0, 0.1) is 0 Å². The molecule has 0 aromatic heterocycles. The van der Waals surface area contributed by atoms with Gasteiger partial charge in [-0.3, -0.25) is 4.79 Å². The van der Waals surface area contributed by atoms with Crippen LogP contribution < -0.4 is 15.5 Å². The van der Waals surface area contributed by atoms with Crippen LogP contribution in [-0.2, 0) is 6.18 Å². The molecule has 1 aromatic carbocycles. The molecule has 2 atom stereocenters. The van der Waals surface area contributed by atoms with E-state index in [1.807, 2.05) is 11.8 Å². The van der Waals surface area contributed by atoms with E-state index in [9.17, 15) is 18.0 Å². The molecular weight excluding hydrogens is 271 g/mol. The predicted octanol–water partition coefficient (Wildman–Crippen LogP) is 1.57. The van der Waals surface area contributed by atoms with E-state index in [0.717, 1.165) is 6.07 Å². The van der Waals surface area contributed by atoms with Crippen molar-refractivity contribution < 1.29 is 18.0 Å². The van der Waals surface area contributed by atoms with Gasteiger partial charge in [0.25, 0.3) is 5.91 Å². The number of halogens is 3. The SMILES string of the molecule is C[C@@H]1NCCN2c3cccc(C(F)(F)F)c3C(=O)N[C@H]12. The van der Waals surface area contributed by atoms with Crippen LogP contribution in [0.15, 0.2) is 18.2 Å². The van der Waals surface area contributed by atoms with E-state index in [-0.39, 0.29) is 17.8 Å². The Bertz CT molecular complexity index is 558. The Morgan fingerprint density at radius 3 is 2.80 bits per heavy atom. The molecule has 0 bridgehead atoms. The van der Waals surface area contributed by atoms with Crippen LogP contribution in [0.25, 0.3) is 0 Å². The molecule has 0 saturated carbocycles. The summed E-state index contributed by atoms with van der Waals surface area (Å²) >= 11 is 0. The Labute approximate surface area is 113 Å². The number of carbonyl (C=O) groups is 1. The molecule has 2 N–H and O–H groups in total. The molecule has 1 amide bonds. The monoisotopic (exact) mass is 285 g/mol. The van der Waals surface area contributed by atoms with Crippen LogP contribution in [0.2, 0.25) is 0 Å². The average Bonchev–Trinajstić information content (AvgIpc) is 2.39. The number of rotatable bonds is 0. The standard InChI is InChI=1S/C13H14F3N3O/c1-7-11-18-12(20)10-8(13(14,15)16)3-2-4-9(10)19(11)6-5-17-7/h2-4,7,11,17H,5-6H2,1H3,(H,18,20)/t7-,11-/m0/s1. The lowest BCUT2D eigenvalue weighted by molar-refractivity contribution is -0.138. The summed E-state index contributed by atoms with van der Waals surface area (Å²) in [5.74, 6) is -0.662. The lowest BCUT2D eigenvalue weighted by Crippen LogP contribution is -2.66. The number of piperazine rings is 1. The number of nitrogens with zero attached hydrogens (tertiary/aromatic N) is 1. The summed E-state index contributed by atoms with van der Waals surface area (Å²) in [7, 11) is 0. The van der Waals surface area contributed by atoms with Crippen molar-refractivity contribution in [1.29, 1.82) is 0 Å². The lowest BCUT2D eigenvalue weighted by Gasteiger charge is -2.46. The number of alkyl halides is 3. The molecule has 2 aliphatic heterocycles. The summed E-state index contributed by atoms with van der Waals surface area (Å²) in [4.78, 5) is 13.9. The summed E-state index contributed by atoms with van der Waals surface area (Å²) in [6, 6.07) is 3.86. The van der Waals surface area contributed by atoms with Gasteiger partial charge in [0.1, 0.15) is 6.17 Å². The summed E-state index contributed by atoms with van der Waals surface area (Å²) in [5.41, 5.74) is -0.788. The van der Waals surface area contributed by atoms with Crippen molar-refractivity contribution in [3.05, 3.63) is 29.3 Å². The summed E-state index contributed by atoms with van der Waals surface area (Å²) in [6.45, 7) is 3.13. The first-order chi connectivity index (χ1) is 9.39. The Balaban J connectivity index is 2.14. The van der Waals surface area contributed by atoms with E-state index in [4.69, 9.17) is 0 Å². The molecule has 2 aliphatic rings. The predicted molar refractivity (Wildman–Crippen MR) is 67.5 cm³/mol. The highest BCUT2D eigenvalue weighted by Gasteiger charge is 2.42. The van der Waals surface area contributed by atoms with E-state index in [2.05, 4.69) is 10.6 Å². The van der Waals surface area contributed by atoms with Crippen molar-refractivity contribution in [2.45, 2.75) is 25.3 Å². The molecule has 3 rings (SSSR count). The third-order valence-electron chi connectivity index (χ3n) is 3.79. The minimum absolute atomic E-state index is 0.0182. The molecule has 1 saturated heterocycles. The first-order valence-corrected chi connectivity index (χ1v) is 6.40. The van der Waals surface area contributed by atoms with E-state index in [1.54, 1.807) is 6.07 Å². The second-order valence-corrected chi connectivity index (χ2v) is 5.05. The van der Waals surface area contributed by atoms with Gasteiger partial charge in [-0.2, -0.15) is 13.2 Å². The van der Waals surface area contributed by atoms with Crippen molar-refractivity contribution in [3.8, 4) is 0 Å². The van der Waals surface area contributed by atoms with Crippen LogP contribution in [-0.4, -0.2) is 31.2 Å². The third-order valence-corrected chi connectivity index (χ3v) is 3.79. The third kappa shape index (κ3) is 1.93. The van der Waals surface area contributed by atoms with E-state index >= 15 is 0 Å². The summed E-state index contributed by atoms with van der Waals surface area (Å²) < 4.78 is 39.1. The zero-order valence-corrected chi connectivity index (χ0v) is 10.8. The van der Waals surface area contributed by atoms with Gasteiger partial charge in [-0.25, -0.2) is 0 Å². The highest BCUT2D eigenvalue weighted by Crippen LogP contribution is 2.38. The zero-order valence-electron chi connectivity index (χ0n) is 10.8. The highest BCUT2D eigenvalue weighted by atomic mass is 19.4. The fourth-order valence-corrected chi connectivity index (χ4v) is 2.87. The number of amides is 1. The van der Waals surface area contributed by atoms with Crippen LogP contribution >= 0.6 is 0 Å². The van der Waals surface area contributed by atoms with Gasteiger partial charge < -0.3 is 15.5 Å². The maximum Gasteiger partial charge on any atom is 0.417 e. The van der Waals surface area contributed by atoms with Gasteiger partial charge in [0.2, 0.25) is 0 Å².